The summed E-state index contributed by atoms with van der Waals surface area (Å²) in [7, 11) is 0. The lowest BCUT2D eigenvalue weighted by Gasteiger charge is -2.50. The number of aliphatic hydroxyl groups excluding tert-OH is 20. The molecule has 0 spiro atoms. The summed E-state index contributed by atoms with van der Waals surface area (Å²) in [6, 6.07) is 4.54. The minimum absolute atomic E-state index is 0.0413. The third-order valence-corrected chi connectivity index (χ3v) is 16.5. The number of fused-ring (bicyclic) bond motifs is 1. The molecule has 0 amide bonds. The van der Waals surface area contributed by atoms with E-state index in [1.165, 1.54) is 12.1 Å². The molecule has 39 heteroatoms. The number of nitro benzene ring substituents is 1. The third-order valence-electron chi connectivity index (χ3n) is 16.5. The van der Waals surface area contributed by atoms with E-state index in [0.29, 0.717) is 0 Å². The Labute approximate surface area is 502 Å². The van der Waals surface area contributed by atoms with Crippen LogP contribution < -0.4 is 4.74 Å². The SMILES string of the molecule is CC1OCC2OC(OC3C(CO)OC(OC4C(CO)OC(OC5C(CO)OC(OC6C(CO)OC(OC7C(CO)OC(OC8C(CO)OC(Oc9ccc([N+](=O)[O-])cc9)C(O)C8O)C(O)C7O)C(O)C6O)C(O)C5O)C(O)C4O)C(O)C3O)C(O)C(O)C2O1. The quantitative estimate of drug-likeness (QED) is 0.0401. The summed E-state index contributed by atoms with van der Waals surface area (Å²) in [6.07, 6.45) is -66.0. The Kier molecular flexibility index (Phi) is 23.9. The van der Waals surface area contributed by atoms with E-state index in [4.69, 9.17) is 75.8 Å². The number of aliphatic hydroxyl groups is 20. The first kappa shape index (κ1) is 70.3. The van der Waals surface area contributed by atoms with Crippen molar-refractivity contribution in [3.63, 3.8) is 0 Å². The number of non-ortho nitro benzene ring substituents is 1. The molecule has 1 aromatic carbocycles. The molecule has 0 saturated carbocycles. The maximum absolute atomic E-state index is 11.4. The average molecular weight is 1300 g/mol. The van der Waals surface area contributed by atoms with Gasteiger partial charge in [-0.05, 0) is 19.1 Å². The van der Waals surface area contributed by atoms with Crippen molar-refractivity contribution in [1.29, 1.82) is 0 Å². The van der Waals surface area contributed by atoms with Crippen molar-refractivity contribution in [1.82, 2.24) is 0 Å². The smallest absolute Gasteiger partial charge is 0.269 e. The van der Waals surface area contributed by atoms with E-state index in [1.54, 1.807) is 6.92 Å². The molecule has 510 valence electrons. The standard InChI is InChI=1S/C50H77NO38/c1-13-74-12-22-43(75-13)29(64)36(71)50(83-22)89-42-21(11-57)82-49(35(70)28(42)63)88-41-20(10-56)81-48(34(69)27(41)62)87-40-19(9-55)80-47(33(68)26(40)61)86-39-18(8-54)79-46(32(67)25(39)60)85-38-17(7-53)78-45(31(66)24(38)59)84-37-16(6-52)77-44(30(65)23(37)58)76-15-4-2-14(3-5-15)51(72)73/h2-5,13,16-50,52-71H,6-12H2,1H3. The molecule has 8 fully saturated rings. The van der Waals surface area contributed by atoms with E-state index in [1.807, 2.05) is 0 Å². The summed E-state index contributed by atoms with van der Waals surface area (Å²) in [5, 5.41) is 229. The molecule has 8 heterocycles. The van der Waals surface area contributed by atoms with E-state index in [2.05, 4.69) is 0 Å². The molecule has 8 aliphatic heterocycles. The maximum atomic E-state index is 11.4. The minimum atomic E-state index is -2.24. The molecule has 0 bridgehead atoms. The van der Waals surface area contributed by atoms with Crippen molar-refractivity contribution in [2.24, 2.45) is 0 Å². The predicted molar refractivity (Wildman–Crippen MR) is 270 cm³/mol. The second-order valence-electron chi connectivity index (χ2n) is 22.2. The fourth-order valence-electron chi connectivity index (χ4n) is 11.5. The lowest BCUT2D eigenvalue weighted by atomic mass is 9.95. The number of ether oxygens (including phenoxy) is 16. The van der Waals surface area contributed by atoms with Crippen LogP contribution in [0.2, 0.25) is 0 Å². The number of rotatable bonds is 21. The van der Waals surface area contributed by atoms with Gasteiger partial charge in [0.1, 0.15) is 177 Å². The van der Waals surface area contributed by atoms with Crippen molar-refractivity contribution < 1.29 is 183 Å². The van der Waals surface area contributed by atoms with Gasteiger partial charge in [0.15, 0.2) is 44.0 Å². The Morgan fingerprint density at radius 2 is 0.640 bits per heavy atom. The number of benzene rings is 1. The molecule has 0 aromatic heterocycles. The largest absolute Gasteiger partial charge is 0.462 e. The highest BCUT2D eigenvalue weighted by Crippen LogP contribution is 2.39. The van der Waals surface area contributed by atoms with Gasteiger partial charge in [0, 0.05) is 12.1 Å². The van der Waals surface area contributed by atoms with Crippen LogP contribution in [0.1, 0.15) is 6.92 Å². The van der Waals surface area contributed by atoms with Crippen LogP contribution in [0.5, 0.6) is 5.75 Å². The Bertz CT molecular complexity index is 2360. The van der Waals surface area contributed by atoms with E-state index < -0.39 is 266 Å². The van der Waals surface area contributed by atoms with Gasteiger partial charge in [-0.15, -0.1) is 0 Å². The van der Waals surface area contributed by atoms with Crippen LogP contribution in [0.4, 0.5) is 5.69 Å². The molecular formula is C50H77NO38. The molecule has 36 atom stereocenters. The molecule has 8 saturated heterocycles. The second-order valence-corrected chi connectivity index (χ2v) is 22.2. The van der Waals surface area contributed by atoms with Crippen LogP contribution in [0.25, 0.3) is 0 Å². The highest BCUT2D eigenvalue weighted by molar-refractivity contribution is 5.36. The highest BCUT2D eigenvalue weighted by Gasteiger charge is 2.59. The summed E-state index contributed by atoms with van der Waals surface area (Å²) < 4.78 is 90.4. The van der Waals surface area contributed by atoms with E-state index >= 15 is 0 Å². The zero-order chi connectivity index (χ0) is 64.6. The summed E-state index contributed by atoms with van der Waals surface area (Å²) >= 11 is 0. The van der Waals surface area contributed by atoms with E-state index in [-0.39, 0.29) is 18.0 Å². The van der Waals surface area contributed by atoms with Crippen molar-refractivity contribution >= 4 is 5.69 Å². The first-order valence-corrected chi connectivity index (χ1v) is 28.3. The lowest BCUT2D eigenvalue weighted by Crippen LogP contribution is -2.68. The van der Waals surface area contributed by atoms with Crippen LogP contribution in [0.3, 0.4) is 0 Å². The molecular weight excluding hydrogens is 1220 g/mol. The van der Waals surface area contributed by atoms with Gasteiger partial charge in [0.2, 0.25) is 6.29 Å². The van der Waals surface area contributed by atoms with Crippen molar-refractivity contribution in [2.45, 2.75) is 228 Å². The van der Waals surface area contributed by atoms with Gasteiger partial charge < -0.3 is 178 Å². The number of hydrogen-bond acceptors (Lipinski definition) is 38. The molecule has 1 aromatic rings. The fourth-order valence-corrected chi connectivity index (χ4v) is 11.5. The zero-order valence-corrected chi connectivity index (χ0v) is 46.8. The molecule has 9 rings (SSSR count). The number of hydrogen-bond donors (Lipinski definition) is 20. The number of nitro groups is 1. The van der Waals surface area contributed by atoms with Crippen molar-refractivity contribution in [2.75, 3.05) is 46.2 Å². The van der Waals surface area contributed by atoms with Gasteiger partial charge in [0.05, 0.1) is 51.2 Å². The molecule has 0 aliphatic carbocycles. The summed E-state index contributed by atoms with van der Waals surface area (Å²) in [5.74, 6) is -0.0413. The van der Waals surface area contributed by atoms with E-state index in [0.717, 1.165) is 12.1 Å². The van der Waals surface area contributed by atoms with Gasteiger partial charge >= 0.3 is 0 Å². The summed E-state index contributed by atoms with van der Waals surface area (Å²) in [4.78, 5) is 10.4. The lowest BCUT2D eigenvalue weighted by molar-refractivity contribution is -0.400. The van der Waals surface area contributed by atoms with Gasteiger partial charge in [-0.3, -0.25) is 10.1 Å². The van der Waals surface area contributed by atoms with Crippen molar-refractivity contribution in [3.05, 3.63) is 34.4 Å². The highest BCUT2D eigenvalue weighted by atomic mass is 16.8. The Balaban J connectivity index is 0.776. The third kappa shape index (κ3) is 14.6. The summed E-state index contributed by atoms with van der Waals surface area (Å²) in [6.45, 7) is -4.55. The second kappa shape index (κ2) is 30.2. The van der Waals surface area contributed by atoms with Crippen LogP contribution in [0.15, 0.2) is 24.3 Å². The Morgan fingerprint density at radius 3 is 0.921 bits per heavy atom. The minimum Gasteiger partial charge on any atom is -0.462 e. The van der Waals surface area contributed by atoms with Gasteiger partial charge in [0.25, 0.3) is 5.69 Å². The monoisotopic (exact) mass is 1300 g/mol. The number of nitrogens with zero attached hydrogens (tertiary/aromatic N) is 1. The zero-order valence-electron chi connectivity index (χ0n) is 46.8. The molecule has 39 nitrogen and oxygen atoms in total. The normalized spacial score (nSPS) is 49.8. The first-order valence-electron chi connectivity index (χ1n) is 28.3. The fraction of sp³-hybridized carbons (Fsp3) is 0.880. The Morgan fingerprint density at radius 1 is 0.382 bits per heavy atom. The van der Waals surface area contributed by atoms with Gasteiger partial charge in [-0.2, -0.15) is 0 Å². The van der Waals surface area contributed by atoms with Crippen LogP contribution in [-0.2, 0) is 71.1 Å². The van der Waals surface area contributed by atoms with Crippen LogP contribution in [-0.4, -0.2) is 375 Å². The summed E-state index contributed by atoms with van der Waals surface area (Å²) in [5.41, 5.74) is -0.286. The molecule has 0 radical (unpaired) electrons. The molecule has 89 heavy (non-hydrogen) atoms. The van der Waals surface area contributed by atoms with E-state index in [9.17, 15) is 112 Å². The molecule has 36 unspecified atom stereocenters. The topological polar surface area (TPSA) is 595 Å². The Hall–Kier alpha value is -2.98. The van der Waals surface area contributed by atoms with Crippen LogP contribution in [0, 0.1) is 10.1 Å². The molecule has 8 aliphatic rings. The van der Waals surface area contributed by atoms with Gasteiger partial charge in [-0.25, -0.2) is 0 Å². The average Bonchev–Trinajstić information content (AvgIpc) is 1.05. The predicted octanol–water partition coefficient (Wildman–Crippen LogP) is -12.9. The van der Waals surface area contributed by atoms with Gasteiger partial charge in [-0.1, -0.05) is 0 Å². The van der Waals surface area contributed by atoms with Crippen molar-refractivity contribution in [3.8, 4) is 5.75 Å². The molecule has 20 N–H and O–H groups in total. The van der Waals surface area contributed by atoms with Crippen LogP contribution >= 0.6 is 0 Å². The first-order chi connectivity index (χ1) is 42.4. The maximum Gasteiger partial charge on any atom is 0.269 e.